The molecule has 0 atom stereocenters. The third kappa shape index (κ3) is 3.94. The summed E-state index contributed by atoms with van der Waals surface area (Å²) in [6.07, 6.45) is 0.155. The summed E-state index contributed by atoms with van der Waals surface area (Å²) in [6, 6.07) is 16.0. The third-order valence-electron chi connectivity index (χ3n) is 4.16. The lowest BCUT2D eigenvalue weighted by atomic mass is 10.1. The van der Waals surface area contributed by atoms with Crippen molar-refractivity contribution in [1.82, 2.24) is 15.1 Å². The molecule has 25 heavy (non-hydrogen) atoms. The Balaban J connectivity index is 1.69. The molecule has 0 unspecified atom stereocenters. The Hall–Kier alpha value is -2.95. The Morgan fingerprint density at radius 1 is 1.12 bits per heavy atom. The van der Waals surface area contributed by atoms with Gasteiger partial charge in [-0.15, -0.1) is 0 Å². The number of nitrogens with one attached hydrogen (secondary N) is 1. The molecule has 5 heteroatoms. The van der Waals surface area contributed by atoms with E-state index in [1.165, 1.54) is 12.1 Å². The first-order valence-corrected chi connectivity index (χ1v) is 8.16. The van der Waals surface area contributed by atoms with Crippen molar-refractivity contribution in [3.05, 3.63) is 82.9 Å². The van der Waals surface area contributed by atoms with Crippen molar-refractivity contribution in [2.45, 2.75) is 26.8 Å². The van der Waals surface area contributed by atoms with Gasteiger partial charge in [-0.05, 0) is 43.7 Å². The minimum absolute atomic E-state index is 0.142. The van der Waals surface area contributed by atoms with Crippen LogP contribution in [0.2, 0.25) is 0 Å². The van der Waals surface area contributed by atoms with Crippen LogP contribution in [0.4, 0.5) is 4.39 Å². The molecule has 0 fully saturated rings. The van der Waals surface area contributed by atoms with Gasteiger partial charge in [-0.25, -0.2) is 9.07 Å². The van der Waals surface area contributed by atoms with Gasteiger partial charge < -0.3 is 5.32 Å². The Kier molecular flexibility index (Phi) is 4.93. The zero-order valence-electron chi connectivity index (χ0n) is 14.3. The quantitative estimate of drug-likeness (QED) is 0.775. The highest BCUT2D eigenvalue weighted by atomic mass is 19.1. The molecule has 2 aromatic carbocycles. The lowest BCUT2D eigenvalue weighted by Gasteiger charge is -2.07. The molecular weight excluding hydrogens is 317 g/mol. The predicted molar refractivity (Wildman–Crippen MR) is 95.0 cm³/mol. The summed E-state index contributed by atoms with van der Waals surface area (Å²) >= 11 is 0. The number of nitrogens with zero attached hydrogens (tertiary/aromatic N) is 2. The van der Waals surface area contributed by atoms with E-state index < -0.39 is 0 Å². The maximum Gasteiger partial charge on any atom is 0.224 e. The van der Waals surface area contributed by atoms with E-state index in [-0.39, 0.29) is 18.1 Å². The van der Waals surface area contributed by atoms with E-state index >= 15 is 0 Å². The van der Waals surface area contributed by atoms with E-state index in [9.17, 15) is 9.18 Å². The number of carbonyl (C=O) groups is 1. The fourth-order valence-electron chi connectivity index (χ4n) is 2.83. The second kappa shape index (κ2) is 7.30. The smallest absolute Gasteiger partial charge is 0.224 e. The molecule has 0 aliphatic carbocycles. The Morgan fingerprint density at radius 3 is 2.60 bits per heavy atom. The predicted octanol–water partition coefficient (Wildman–Crippen LogP) is 3.49. The monoisotopic (exact) mass is 337 g/mol. The molecule has 3 rings (SSSR count). The average molecular weight is 337 g/mol. The Morgan fingerprint density at radius 2 is 1.88 bits per heavy atom. The summed E-state index contributed by atoms with van der Waals surface area (Å²) in [4.78, 5) is 12.1. The molecule has 1 aromatic heterocycles. The van der Waals surface area contributed by atoms with Gasteiger partial charge in [-0.1, -0.05) is 30.3 Å². The van der Waals surface area contributed by atoms with E-state index in [1.807, 2.05) is 48.9 Å². The van der Waals surface area contributed by atoms with Crippen LogP contribution < -0.4 is 5.32 Å². The van der Waals surface area contributed by atoms with Crippen molar-refractivity contribution in [2.24, 2.45) is 0 Å². The van der Waals surface area contributed by atoms with Gasteiger partial charge in [0.15, 0.2) is 0 Å². The second-order valence-corrected chi connectivity index (χ2v) is 5.98. The largest absolute Gasteiger partial charge is 0.352 e. The highest BCUT2D eigenvalue weighted by Gasteiger charge is 2.13. The van der Waals surface area contributed by atoms with Gasteiger partial charge in [0.2, 0.25) is 5.91 Å². The Labute approximate surface area is 146 Å². The molecule has 0 aliphatic rings. The number of halogens is 1. The standard InChI is InChI=1S/C20H20FN3O/c1-14-19(15(2)24(23-14)18-9-4-3-5-10-18)13-22-20(25)12-16-7-6-8-17(21)11-16/h3-11H,12-13H2,1-2H3,(H,22,25). The van der Waals surface area contributed by atoms with Gasteiger partial charge in [-0.2, -0.15) is 5.10 Å². The highest BCUT2D eigenvalue weighted by molar-refractivity contribution is 5.78. The summed E-state index contributed by atoms with van der Waals surface area (Å²) in [5.41, 5.74) is 4.52. The Bertz CT molecular complexity index is 887. The number of amides is 1. The first-order chi connectivity index (χ1) is 12.0. The number of rotatable bonds is 5. The summed E-state index contributed by atoms with van der Waals surface area (Å²) < 4.78 is 15.1. The number of para-hydroxylation sites is 1. The maximum absolute atomic E-state index is 13.2. The van der Waals surface area contributed by atoms with Gasteiger partial charge >= 0.3 is 0 Å². The zero-order chi connectivity index (χ0) is 17.8. The SMILES string of the molecule is Cc1nn(-c2ccccc2)c(C)c1CNC(=O)Cc1cccc(F)c1. The molecule has 1 heterocycles. The molecule has 1 N–H and O–H groups in total. The van der Waals surface area contributed by atoms with Crippen molar-refractivity contribution in [1.29, 1.82) is 0 Å². The molecule has 0 spiro atoms. The zero-order valence-corrected chi connectivity index (χ0v) is 14.3. The van der Waals surface area contributed by atoms with Gasteiger partial charge in [-0.3, -0.25) is 4.79 Å². The van der Waals surface area contributed by atoms with Crippen LogP contribution >= 0.6 is 0 Å². The van der Waals surface area contributed by atoms with E-state index in [0.717, 1.165) is 22.6 Å². The number of aromatic nitrogens is 2. The molecule has 0 saturated heterocycles. The van der Waals surface area contributed by atoms with Crippen LogP contribution in [0.1, 0.15) is 22.5 Å². The molecule has 0 saturated carbocycles. The lowest BCUT2D eigenvalue weighted by Crippen LogP contribution is -2.25. The van der Waals surface area contributed by atoms with Crippen molar-refractivity contribution < 1.29 is 9.18 Å². The van der Waals surface area contributed by atoms with E-state index in [2.05, 4.69) is 10.4 Å². The third-order valence-corrected chi connectivity index (χ3v) is 4.16. The summed E-state index contributed by atoms with van der Waals surface area (Å²) in [7, 11) is 0. The fraction of sp³-hybridized carbons (Fsp3) is 0.200. The molecule has 4 nitrogen and oxygen atoms in total. The van der Waals surface area contributed by atoms with E-state index in [4.69, 9.17) is 0 Å². The van der Waals surface area contributed by atoms with Crippen molar-refractivity contribution in [3.8, 4) is 5.69 Å². The summed E-state index contributed by atoms with van der Waals surface area (Å²) in [5, 5.41) is 7.47. The fourth-order valence-corrected chi connectivity index (χ4v) is 2.83. The van der Waals surface area contributed by atoms with Crippen LogP contribution in [0, 0.1) is 19.7 Å². The topological polar surface area (TPSA) is 46.9 Å². The number of hydrogen-bond acceptors (Lipinski definition) is 2. The summed E-state index contributed by atoms with van der Waals surface area (Å²) in [5.74, 6) is -0.474. The number of aryl methyl sites for hydroxylation is 1. The van der Waals surface area contributed by atoms with Crippen molar-refractivity contribution in [2.75, 3.05) is 0 Å². The molecule has 3 aromatic rings. The van der Waals surface area contributed by atoms with Crippen LogP contribution in [-0.4, -0.2) is 15.7 Å². The van der Waals surface area contributed by atoms with Gasteiger partial charge in [0.1, 0.15) is 5.82 Å². The minimum Gasteiger partial charge on any atom is -0.352 e. The molecule has 0 bridgehead atoms. The number of hydrogen-bond donors (Lipinski definition) is 1. The van der Waals surface area contributed by atoms with E-state index in [1.54, 1.807) is 12.1 Å². The summed E-state index contributed by atoms with van der Waals surface area (Å²) in [6.45, 7) is 4.32. The highest BCUT2D eigenvalue weighted by Crippen LogP contribution is 2.17. The van der Waals surface area contributed by atoms with Crippen molar-refractivity contribution in [3.63, 3.8) is 0 Å². The van der Waals surface area contributed by atoms with Gasteiger partial charge in [0.05, 0.1) is 17.8 Å². The van der Waals surface area contributed by atoms with Gasteiger partial charge in [0, 0.05) is 17.8 Å². The minimum atomic E-state index is -0.332. The molecule has 128 valence electrons. The maximum atomic E-state index is 13.2. The first-order valence-electron chi connectivity index (χ1n) is 8.16. The van der Waals surface area contributed by atoms with Crippen molar-refractivity contribution >= 4 is 5.91 Å². The molecular formula is C20H20FN3O. The first kappa shape index (κ1) is 16.9. The average Bonchev–Trinajstić information content (AvgIpc) is 2.88. The van der Waals surface area contributed by atoms with Crippen LogP contribution in [-0.2, 0) is 17.8 Å². The van der Waals surface area contributed by atoms with Gasteiger partial charge in [0.25, 0.3) is 0 Å². The molecule has 0 aliphatic heterocycles. The van der Waals surface area contributed by atoms with Crippen LogP contribution in [0.25, 0.3) is 5.69 Å². The molecule has 1 amide bonds. The molecule has 0 radical (unpaired) electrons. The lowest BCUT2D eigenvalue weighted by molar-refractivity contribution is -0.120. The number of carbonyl (C=O) groups excluding carboxylic acids is 1. The van der Waals surface area contributed by atoms with Crippen LogP contribution in [0.3, 0.4) is 0 Å². The van der Waals surface area contributed by atoms with Crippen LogP contribution in [0.15, 0.2) is 54.6 Å². The van der Waals surface area contributed by atoms with Crippen LogP contribution in [0.5, 0.6) is 0 Å². The van der Waals surface area contributed by atoms with E-state index in [0.29, 0.717) is 12.1 Å². The number of benzene rings is 2. The normalized spacial score (nSPS) is 10.7. The second-order valence-electron chi connectivity index (χ2n) is 5.98.